The summed E-state index contributed by atoms with van der Waals surface area (Å²) in [6.07, 6.45) is 2.39. The Hall–Kier alpha value is -2.07. The second-order valence-corrected chi connectivity index (χ2v) is 9.48. The Morgan fingerprint density at radius 2 is 1.96 bits per heavy atom. The van der Waals surface area contributed by atoms with Crippen molar-refractivity contribution in [1.82, 2.24) is 10.2 Å². The van der Waals surface area contributed by atoms with Gasteiger partial charge < -0.3 is 10.1 Å². The maximum absolute atomic E-state index is 13.0. The Balaban J connectivity index is 1.70. The van der Waals surface area contributed by atoms with Crippen LogP contribution in [-0.2, 0) is 9.53 Å². The summed E-state index contributed by atoms with van der Waals surface area (Å²) in [6.45, 7) is 5.91. The second-order valence-electron chi connectivity index (χ2n) is 8.57. The summed E-state index contributed by atoms with van der Waals surface area (Å²) in [5, 5.41) is 12.7. The average Bonchev–Trinajstić information content (AvgIpc) is 3.35. The van der Waals surface area contributed by atoms with Crippen LogP contribution in [-0.4, -0.2) is 40.6 Å². The van der Waals surface area contributed by atoms with Crippen LogP contribution in [0.25, 0.3) is 0 Å². The molecule has 150 valence electrons. The van der Waals surface area contributed by atoms with Gasteiger partial charge in [-0.2, -0.15) is 5.26 Å². The highest BCUT2D eigenvalue weighted by atomic mass is 79.9. The molecule has 1 unspecified atom stereocenters. The number of hydrogen-bond donors (Lipinski definition) is 1. The third-order valence-corrected chi connectivity index (χ3v) is 5.74. The molecule has 2 amide bonds. The monoisotopic (exact) mass is 447 g/mol. The van der Waals surface area contributed by atoms with E-state index >= 15 is 0 Å². The molecule has 1 saturated carbocycles. The van der Waals surface area contributed by atoms with Crippen molar-refractivity contribution in [3.8, 4) is 6.07 Å². The Morgan fingerprint density at radius 1 is 1.29 bits per heavy atom. The van der Waals surface area contributed by atoms with Gasteiger partial charge in [0.1, 0.15) is 17.2 Å². The topological polar surface area (TPSA) is 82.4 Å². The summed E-state index contributed by atoms with van der Waals surface area (Å²) in [5.74, 6) is -0.306. The summed E-state index contributed by atoms with van der Waals surface area (Å²) >= 11 is 3.41. The van der Waals surface area contributed by atoms with Crippen molar-refractivity contribution in [2.75, 3.05) is 6.54 Å². The second kappa shape index (κ2) is 7.75. The van der Waals surface area contributed by atoms with E-state index in [0.29, 0.717) is 19.4 Å². The molecule has 2 aliphatic rings. The van der Waals surface area contributed by atoms with Crippen LogP contribution in [0.2, 0.25) is 0 Å². The van der Waals surface area contributed by atoms with Crippen molar-refractivity contribution >= 4 is 27.9 Å². The molecular formula is C21H26BrN3O3. The zero-order valence-corrected chi connectivity index (χ0v) is 18.1. The number of halogens is 1. The first-order valence-electron chi connectivity index (χ1n) is 9.63. The van der Waals surface area contributed by atoms with Crippen LogP contribution in [0, 0.1) is 11.3 Å². The first kappa shape index (κ1) is 20.7. The summed E-state index contributed by atoms with van der Waals surface area (Å²) < 4.78 is 6.44. The lowest BCUT2D eigenvalue weighted by Gasteiger charge is -2.36. The number of hydrogen-bond acceptors (Lipinski definition) is 4. The number of benzene rings is 1. The Morgan fingerprint density at radius 3 is 2.57 bits per heavy atom. The molecule has 0 spiro atoms. The molecule has 3 rings (SSSR count). The minimum atomic E-state index is -0.901. The molecule has 1 aromatic carbocycles. The van der Waals surface area contributed by atoms with E-state index in [1.54, 1.807) is 0 Å². The average molecular weight is 448 g/mol. The van der Waals surface area contributed by atoms with E-state index in [1.165, 1.54) is 4.90 Å². The maximum atomic E-state index is 13.0. The molecule has 7 heteroatoms. The molecule has 2 fully saturated rings. The van der Waals surface area contributed by atoms with E-state index < -0.39 is 23.3 Å². The van der Waals surface area contributed by atoms with Crippen molar-refractivity contribution in [3.63, 3.8) is 0 Å². The minimum Gasteiger partial charge on any atom is -0.444 e. The lowest BCUT2D eigenvalue weighted by Crippen LogP contribution is -2.55. The van der Waals surface area contributed by atoms with Crippen LogP contribution in [0.15, 0.2) is 28.7 Å². The lowest BCUT2D eigenvalue weighted by molar-refractivity contribution is -0.128. The van der Waals surface area contributed by atoms with Gasteiger partial charge >= 0.3 is 6.09 Å². The molecular weight excluding hydrogens is 422 g/mol. The Kier molecular flexibility index (Phi) is 5.72. The Bertz CT molecular complexity index is 797. The minimum absolute atomic E-state index is 0.0342. The van der Waals surface area contributed by atoms with Gasteiger partial charge in [-0.3, -0.25) is 9.69 Å². The zero-order chi connectivity index (χ0) is 20.5. The standard InChI is InChI=1S/C21H26BrN3O3/c1-20(2,3)28-19(27)25-11-5-4-6-17(25)18(26)24-21(13-23)12-16(21)14-7-9-15(22)10-8-14/h7-10,16-17H,4-6,11-12H2,1-3H3,(H,24,26)/t16-,17?,21+/m1/s1. The van der Waals surface area contributed by atoms with Crippen LogP contribution in [0.1, 0.15) is 57.9 Å². The first-order valence-corrected chi connectivity index (χ1v) is 10.4. The third-order valence-electron chi connectivity index (χ3n) is 5.21. The fraction of sp³-hybridized carbons (Fsp3) is 0.571. The van der Waals surface area contributed by atoms with E-state index in [2.05, 4.69) is 27.3 Å². The molecule has 3 atom stereocenters. The summed E-state index contributed by atoms with van der Waals surface area (Å²) in [7, 11) is 0. The maximum Gasteiger partial charge on any atom is 0.410 e. The van der Waals surface area contributed by atoms with Crippen molar-refractivity contribution in [1.29, 1.82) is 5.26 Å². The van der Waals surface area contributed by atoms with Gasteiger partial charge in [0.05, 0.1) is 6.07 Å². The van der Waals surface area contributed by atoms with Crippen molar-refractivity contribution in [2.24, 2.45) is 0 Å². The van der Waals surface area contributed by atoms with E-state index in [1.807, 2.05) is 45.0 Å². The predicted octanol–water partition coefficient (Wildman–Crippen LogP) is 4.10. The van der Waals surface area contributed by atoms with Gasteiger partial charge in [0.25, 0.3) is 0 Å². The number of piperidine rings is 1. The third kappa shape index (κ3) is 4.49. The first-order chi connectivity index (χ1) is 13.1. The number of amides is 2. The lowest BCUT2D eigenvalue weighted by atomic mass is 10.0. The van der Waals surface area contributed by atoms with E-state index in [0.717, 1.165) is 22.9 Å². The zero-order valence-electron chi connectivity index (χ0n) is 16.5. The van der Waals surface area contributed by atoms with Crippen LogP contribution in [0.4, 0.5) is 4.79 Å². The van der Waals surface area contributed by atoms with E-state index in [-0.39, 0.29) is 11.8 Å². The molecule has 1 aromatic rings. The number of carbonyl (C=O) groups excluding carboxylic acids is 2. The predicted molar refractivity (Wildman–Crippen MR) is 109 cm³/mol. The number of rotatable bonds is 3. The molecule has 0 bridgehead atoms. The van der Waals surface area contributed by atoms with Gasteiger partial charge in [-0.05, 0) is 64.2 Å². The molecule has 28 heavy (non-hydrogen) atoms. The van der Waals surface area contributed by atoms with Crippen LogP contribution >= 0.6 is 15.9 Å². The van der Waals surface area contributed by atoms with Gasteiger partial charge in [-0.25, -0.2) is 4.79 Å². The number of likely N-dealkylation sites (tertiary alicyclic amines) is 1. The molecule has 1 aliphatic carbocycles. The van der Waals surface area contributed by atoms with Crippen LogP contribution in [0.3, 0.4) is 0 Å². The number of nitrogens with one attached hydrogen (secondary N) is 1. The molecule has 1 saturated heterocycles. The molecule has 1 N–H and O–H groups in total. The normalized spacial score (nSPS) is 26.9. The number of carbonyl (C=O) groups is 2. The van der Waals surface area contributed by atoms with Crippen molar-refractivity contribution < 1.29 is 14.3 Å². The van der Waals surface area contributed by atoms with Crippen molar-refractivity contribution in [3.05, 3.63) is 34.3 Å². The Labute approximate surface area is 174 Å². The van der Waals surface area contributed by atoms with E-state index in [9.17, 15) is 14.9 Å². The van der Waals surface area contributed by atoms with Gasteiger partial charge in [0.15, 0.2) is 0 Å². The summed E-state index contributed by atoms with van der Waals surface area (Å²) in [6, 6.07) is 9.49. The quantitative estimate of drug-likeness (QED) is 0.755. The number of nitrogens with zero attached hydrogens (tertiary/aromatic N) is 2. The van der Waals surface area contributed by atoms with Gasteiger partial charge in [-0.1, -0.05) is 28.1 Å². The summed E-state index contributed by atoms with van der Waals surface area (Å²) in [5.41, 5.74) is -0.494. The number of nitriles is 1. The van der Waals surface area contributed by atoms with E-state index in [4.69, 9.17) is 4.74 Å². The highest BCUT2D eigenvalue weighted by molar-refractivity contribution is 9.10. The highest BCUT2D eigenvalue weighted by Gasteiger charge is 2.57. The SMILES string of the molecule is CC(C)(C)OC(=O)N1CCCCC1C(=O)N[C@]1(C#N)C[C@@H]1c1ccc(Br)cc1. The highest BCUT2D eigenvalue weighted by Crippen LogP contribution is 2.51. The van der Waals surface area contributed by atoms with Crippen LogP contribution in [0.5, 0.6) is 0 Å². The van der Waals surface area contributed by atoms with Crippen molar-refractivity contribution in [2.45, 2.75) is 69.6 Å². The largest absolute Gasteiger partial charge is 0.444 e. The van der Waals surface area contributed by atoms with Gasteiger partial charge in [0.2, 0.25) is 5.91 Å². The number of ether oxygens (including phenoxy) is 1. The molecule has 6 nitrogen and oxygen atoms in total. The summed E-state index contributed by atoms with van der Waals surface area (Å²) in [4.78, 5) is 27.1. The fourth-order valence-electron chi connectivity index (χ4n) is 3.70. The molecule has 1 heterocycles. The molecule has 1 aliphatic heterocycles. The smallest absolute Gasteiger partial charge is 0.410 e. The van der Waals surface area contributed by atoms with Crippen LogP contribution < -0.4 is 5.32 Å². The molecule has 0 aromatic heterocycles. The van der Waals surface area contributed by atoms with Gasteiger partial charge in [0, 0.05) is 16.9 Å². The van der Waals surface area contributed by atoms with Gasteiger partial charge in [-0.15, -0.1) is 0 Å². The fourth-order valence-corrected chi connectivity index (χ4v) is 3.96. The molecule has 0 radical (unpaired) electrons.